The van der Waals surface area contributed by atoms with Gasteiger partial charge in [-0.3, -0.25) is 0 Å². The molecule has 1 atom stereocenters. The summed E-state index contributed by atoms with van der Waals surface area (Å²) in [5.41, 5.74) is 0. The standard InChI is InChI=1S/C11H28O5Si2/c1-8-9-10-11(17(7,12-2)13-3)18(14-4,15-5)16-6/h11H,8-10H2,1-7H3. The van der Waals surface area contributed by atoms with Gasteiger partial charge in [0.05, 0.1) is 5.16 Å². The summed E-state index contributed by atoms with van der Waals surface area (Å²) >= 11 is 0. The summed E-state index contributed by atoms with van der Waals surface area (Å²) in [6.45, 7) is 4.19. The van der Waals surface area contributed by atoms with Crippen LogP contribution in [-0.2, 0) is 22.1 Å². The SMILES string of the molecule is CCCCC([Si](C)(OC)OC)[Si](OC)(OC)OC. The van der Waals surface area contributed by atoms with E-state index < -0.39 is 17.4 Å². The molecule has 0 aliphatic rings. The minimum absolute atomic E-state index is 0.0694. The molecule has 0 amide bonds. The first kappa shape index (κ1) is 18.2. The highest BCUT2D eigenvalue weighted by atomic mass is 28.4. The second kappa shape index (κ2) is 8.41. The Labute approximate surface area is 113 Å². The molecule has 0 spiro atoms. The Kier molecular flexibility index (Phi) is 8.52. The van der Waals surface area contributed by atoms with Crippen molar-refractivity contribution in [2.45, 2.75) is 37.9 Å². The molecule has 0 bridgehead atoms. The Morgan fingerprint density at radius 2 is 1.28 bits per heavy atom. The van der Waals surface area contributed by atoms with Crippen molar-refractivity contribution in [3.63, 3.8) is 0 Å². The Bertz CT molecular complexity index is 211. The zero-order valence-electron chi connectivity index (χ0n) is 12.7. The molecule has 0 rings (SSSR count). The van der Waals surface area contributed by atoms with Crippen LogP contribution in [-0.4, -0.2) is 52.9 Å². The molecule has 0 N–H and O–H groups in total. The number of hydrogen-bond donors (Lipinski definition) is 0. The maximum atomic E-state index is 5.67. The summed E-state index contributed by atoms with van der Waals surface area (Å²) in [6, 6.07) is 0. The molecule has 0 aromatic rings. The molecule has 1 unspecified atom stereocenters. The second-order valence-electron chi connectivity index (χ2n) is 4.33. The molecular formula is C11H28O5Si2. The van der Waals surface area contributed by atoms with Crippen LogP contribution in [0.3, 0.4) is 0 Å². The minimum Gasteiger partial charge on any atom is -0.398 e. The van der Waals surface area contributed by atoms with Gasteiger partial charge in [-0.15, -0.1) is 0 Å². The van der Waals surface area contributed by atoms with Crippen molar-refractivity contribution in [1.82, 2.24) is 0 Å². The molecule has 18 heavy (non-hydrogen) atoms. The molecule has 0 fully saturated rings. The van der Waals surface area contributed by atoms with E-state index in [1.165, 1.54) is 0 Å². The van der Waals surface area contributed by atoms with Crippen LogP contribution >= 0.6 is 0 Å². The fourth-order valence-corrected chi connectivity index (χ4v) is 9.93. The van der Waals surface area contributed by atoms with Crippen molar-refractivity contribution in [1.29, 1.82) is 0 Å². The lowest BCUT2D eigenvalue weighted by molar-refractivity contribution is 0.108. The van der Waals surface area contributed by atoms with Crippen molar-refractivity contribution in [3.8, 4) is 0 Å². The number of unbranched alkanes of at least 4 members (excludes halogenated alkanes) is 1. The summed E-state index contributed by atoms with van der Waals surface area (Å²) in [4.78, 5) is 0. The van der Waals surface area contributed by atoms with E-state index in [1.54, 1.807) is 35.5 Å². The Morgan fingerprint density at radius 3 is 1.56 bits per heavy atom. The van der Waals surface area contributed by atoms with Crippen LogP contribution in [0.1, 0.15) is 26.2 Å². The van der Waals surface area contributed by atoms with E-state index in [2.05, 4.69) is 6.92 Å². The van der Waals surface area contributed by atoms with Crippen LogP contribution in [0, 0.1) is 0 Å². The highest BCUT2D eigenvalue weighted by Gasteiger charge is 2.58. The fourth-order valence-electron chi connectivity index (χ4n) is 2.21. The summed E-state index contributed by atoms with van der Waals surface area (Å²) in [5, 5.41) is 0.0694. The summed E-state index contributed by atoms with van der Waals surface area (Å²) in [6.07, 6.45) is 3.11. The molecule has 0 heterocycles. The molecule has 7 heteroatoms. The molecule has 0 aliphatic carbocycles. The van der Waals surface area contributed by atoms with Gasteiger partial charge in [0, 0.05) is 35.5 Å². The first-order valence-electron chi connectivity index (χ1n) is 6.25. The zero-order valence-corrected chi connectivity index (χ0v) is 14.7. The predicted octanol–water partition coefficient (Wildman–Crippen LogP) is 2.33. The van der Waals surface area contributed by atoms with Crippen LogP contribution in [0.2, 0.25) is 11.7 Å². The molecule has 0 aromatic heterocycles. The molecule has 0 aliphatic heterocycles. The maximum Gasteiger partial charge on any atom is 0.505 e. The van der Waals surface area contributed by atoms with E-state index in [-0.39, 0.29) is 5.16 Å². The highest BCUT2D eigenvalue weighted by Crippen LogP contribution is 2.38. The van der Waals surface area contributed by atoms with Gasteiger partial charge in [-0.2, -0.15) is 0 Å². The summed E-state index contributed by atoms with van der Waals surface area (Å²) in [5.74, 6) is 0. The first-order valence-corrected chi connectivity index (χ1v) is 10.5. The lowest BCUT2D eigenvalue weighted by Gasteiger charge is -2.39. The van der Waals surface area contributed by atoms with Gasteiger partial charge in [0.15, 0.2) is 0 Å². The molecule has 0 radical (unpaired) electrons. The van der Waals surface area contributed by atoms with E-state index in [4.69, 9.17) is 22.1 Å². The van der Waals surface area contributed by atoms with E-state index in [0.29, 0.717) is 0 Å². The molecule has 5 nitrogen and oxygen atoms in total. The molecule has 0 saturated heterocycles. The molecule has 110 valence electrons. The monoisotopic (exact) mass is 296 g/mol. The molecule has 0 saturated carbocycles. The van der Waals surface area contributed by atoms with Gasteiger partial charge in [0.2, 0.25) is 0 Å². The van der Waals surface area contributed by atoms with Gasteiger partial charge >= 0.3 is 17.4 Å². The lowest BCUT2D eigenvalue weighted by atomic mass is 10.3. The van der Waals surface area contributed by atoms with Crippen molar-refractivity contribution in [2.24, 2.45) is 0 Å². The van der Waals surface area contributed by atoms with Crippen LogP contribution in [0.5, 0.6) is 0 Å². The van der Waals surface area contributed by atoms with Crippen LogP contribution in [0.15, 0.2) is 0 Å². The van der Waals surface area contributed by atoms with Crippen LogP contribution in [0.25, 0.3) is 0 Å². The predicted molar refractivity (Wildman–Crippen MR) is 75.7 cm³/mol. The lowest BCUT2D eigenvalue weighted by Crippen LogP contribution is -2.59. The van der Waals surface area contributed by atoms with E-state index >= 15 is 0 Å². The van der Waals surface area contributed by atoms with Gasteiger partial charge < -0.3 is 22.1 Å². The topological polar surface area (TPSA) is 46.2 Å². The Hall–Kier alpha value is 0.234. The van der Waals surface area contributed by atoms with Gasteiger partial charge in [-0.25, -0.2) is 0 Å². The number of rotatable bonds is 10. The third kappa shape index (κ3) is 3.86. The largest absolute Gasteiger partial charge is 0.505 e. The van der Waals surface area contributed by atoms with Crippen molar-refractivity contribution >= 4 is 17.4 Å². The fraction of sp³-hybridized carbons (Fsp3) is 1.00. The second-order valence-corrected chi connectivity index (χ2v) is 11.6. The quantitative estimate of drug-likeness (QED) is 0.579. The van der Waals surface area contributed by atoms with Gasteiger partial charge in [0.25, 0.3) is 0 Å². The normalized spacial score (nSPS) is 14.8. The minimum atomic E-state index is -2.75. The van der Waals surface area contributed by atoms with Gasteiger partial charge in [0.1, 0.15) is 0 Å². The van der Waals surface area contributed by atoms with Crippen molar-refractivity contribution in [3.05, 3.63) is 0 Å². The van der Waals surface area contributed by atoms with Gasteiger partial charge in [-0.05, 0) is 13.0 Å². The maximum absolute atomic E-state index is 5.67. The average molecular weight is 297 g/mol. The Balaban J connectivity index is 5.29. The third-order valence-corrected chi connectivity index (χ3v) is 12.2. The highest BCUT2D eigenvalue weighted by molar-refractivity contribution is 6.85. The van der Waals surface area contributed by atoms with Gasteiger partial charge in [-0.1, -0.05) is 19.8 Å². The van der Waals surface area contributed by atoms with E-state index in [1.807, 2.05) is 6.55 Å². The Morgan fingerprint density at radius 1 is 0.833 bits per heavy atom. The van der Waals surface area contributed by atoms with E-state index in [9.17, 15) is 0 Å². The smallest absolute Gasteiger partial charge is 0.398 e. The average Bonchev–Trinajstić information content (AvgIpc) is 2.43. The molecular weight excluding hydrogens is 268 g/mol. The van der Waals surface area contributed by atoms with Crippen LogP contribution in [0.4, 0.5) is 0 Å². The van der Waals surface area contributed by atoms with Crippen molar-refractivity contribution in [2.75, 3.05) is 35.5 Å². The van der Waals surface area contributed by atoms with Crippen molar-refractivity contribution < 1.29 is 22.1 Å². The van der Waals surface area contributed by atoms with Crippen LogP contribution < -0.4 is 0 Å². The third-order valence-electron chi connectivity index (χ3n) is 3.57. The summed E-state index contributed by atoms with van der Waals surface area (Å²) in [7, 11) is 3.16. The first-order chi connectivity index (χ1) is 8.50. The number of hydrogen-bond acceptors (Lipinski definition) is 5. The van der Waals surface area contributed by atoms with E-state index in [0.717, 1.165) is 19.3 Å². The zero-order chi connectivity index (χ0) is 14.2. The summed E-state index contributed by atoms with van der Waals surface area (Å²) < 4.78 is 28.2. The molecule has 0 aromatic carbocycles.